The normalized spacial score (nSPS) is 15.7. The molecule has 0 bridgehead atoms. The van der Waals surface area contributed by atoms with Gasteiger partial charge in [-0.1, -0.05) is 19.1 Å². The first kappa shape index (κ1) is 26.0. The summed E-state index contributed by atoms with van der Waals surface area (Å²) in [4.78, 5) is 7.18. The summed E-state index contributed by atoms with van der Waals surface area (Å²) in [5, 5.41) is 16.4. The van der Waals surface area contributed by atoms with Crippen LogP contribution < -0.4 is 15.4 Å². The lowest BCUT2D eigenvalue weighted by Gasteiger charge is -2.29. The largest absolute Gasteiger partial charge is 0.493 e. The van der Waals surface area contributed by atoms with Gasteiger partial charge >= 0.3 is 0 Å². The van der Waals surface area contributed by atoms with Crippen molar-refractivity contribution in [3.63, 3.8) is 0 Å². The molecule has 0 aliphatic carbocycles. The summed E-state index contributed by atoms with van der Waals surface area (Å²) >= 11 is 0. The predicted molar refractivity (Wildman–Crippen MR) is 131 cm³/mol. The molecule has 1 heterocycles. The van der Waals surface area contributed by atoms with E-state index in [9.17, 15) is 5.11 Å². The Morgan fingerprint density at radius 1 is 1.24 bits per heavy atom. The zero-order chi connectivity index (χ0) is 20.2. The van der Waals surface area contributed by atoms with Gasteiger partial charge in [-0.2, -0.15) is 0 Å². The van der Waals surface area contributed by atoms with Gasteiger partial charge in [0.1, 0.15) is 5.75 Å². The van der Waals surface area contributed by atoms with E-state index in [0.29, 0.717) is 6.54 Å². The summed E-state index contributed by atoms with van der Waals surface area (Å²) in [5.41, 5.74) is 2.32. The highest BCUT2D eigenvalue weighted by molar-refractivity contribution is 14.0. The minimum Gasteiger partial charge on any atom is -0.493 e. The zero-order valence-corrected chi connectivity index (χ0v) is 20.6. The first-order chi connectivity index (χ1) is 13.6. The number of hydrogen-bond acceptors (Lipinski definition) is 4. The number of nitrogens with one attached hydrogen (secondary N) is 2. The Hall–Kier alpha value is -1.06. The summed E-state index contributed by atoms with van der Waals surface area (Å²) in [6.07, 6.45) is 3.76. The van der Waals surface area contributed by atoms with E-state index in [1.54, 1.807) is 0 Å². The number of likely N-dealkylation sites (tertiary alicyclic amines) is 1. The molecule has 1 aromatic carbocycles. The molecule has 29 heavy (non-hydrogen) atoms. The second kappa shape index (κ2) is 14.8. The Morgan fingerprint density at radius 2 is 2.00 bits per heavy atom. The number of rotatable bonds is 10. The number of aliphatic imine (C=N–C) groups is 1. The number of benzene rings is 1. The number of aliphatic hydroxyl groups excluding tert-OH is 1. The summed E-state index contributed by atoms with van der Waals surface area (Å²) in [5.74, 6) is 1.78. The second-order valence-corrected chi connectivity index (χ2v) is 7.51. The van der Waals surface area contributed by atoms with Gasteiger partial charge in [0, 0.05) is 31.7 Å². The first-order valence-corrected chi connectivity index (χ1v) is 10.8. The van der Waals surface area contributed by atoms with Crippen molar-refractivity contribution in [3.05, 3.63) is 29.3 Å². The zero-order valence-electron chi connectivity index (χ0n) is 18.2. The van der Waals surface area contributed by atoms with Crippen LogP contribution in [0, 0.1) is 6.92 Å². The highest BCUT2D eigenvalue weighted by Gasteiger charge is 2.16. The molecule has 0 amide bonds. The van der Waals surface area contributed by atoms with Gasteiger partial charge in [-0.25, -0.2) is 4.99 Å². The average molecular weight is 518 g/mol. The molecule has 0 radical (unpaired) electrons. The van der Waals surface area contributed by atoms with Crippen molar-refractivity contribution in [2.45, 2.75) is 59.1 Å². The lowest BCUT2D eigenvalue weighted by molar-refractivity contribution is 0.0823. The Bertz CT molecular complexity index is 604. The Balaban J connectivity index is 0.00000420. The lowest BCUT2D eigenvalue weighted by atomic mass is 10.1. The third-order valence-corrected chi connectivity index (χ3v) is 4.94. The minimum absolute atomic E-state index is 0. The molecular weight excluding hydrogens is 479 g/mol. The molecule has 0 aromatic heterocycles. The van der Waals surface area contributed by atoms with Gasteiger partial charge in [-0.15, -0.1) is 24.0 Å². The van der Waals surface area contributed by atoms with Gasteiger partial charge in [0.05, 0.1) is 19.3 Å². The molecule has 6 nitrogen and oxygen atoms in total. The van der Waals surface area contributed by atoms with Crippen molar-refractivity contribution >= 4 is 29.9 Å². The summed E-state index contributed by atoms with van der Waals surface area (Å²) in [6, 6.07) is 6.31. The highest BCUT2D eigenvalue weighted by atomic mass is 127. The number of ether oxygens (including phenoxy) is 1. The van der Waals surface area contributed by atoms with Crippen LogP contribution in [0.25, 0.3) is 0 Å². The van der Waals surface area contributed by atoms with Crippen molar-refractivity contribution in [3.8, 4) is 5.75 Å². The standard InChI is InChI=1S/C22H38N4O2.HI/c1-4-15-28-21-16-18(3)7-8-19(21)17-25-22(23-5-2)24-11-6-12-26-13-9-20(27)10-14-26;/h7-8,16,20,27H,4-6,9-15,17H2,1-3H3,(H2,23,24,25);1H. The number of aryl methyl sites for hydroxylation is 1. The smallest absolute Gasteiger partial charge is 0.191 e. The molecule has 1 aromatic rings. The fourth-order valence-corrected chi connectivity index (χ4v) is 3.30. The molecule has 0 unspecified atom stereocenters. The fourth-order valence-electron chi connectivity index (χ4n) is 3.30. The Labute approximate surface area is 193 Å². The summed E-state index contributed by atoms with van der Waals surface area (Å²) in [7, 11) is 0. The predicted octanol–water partition coefficient (Wildman–Crippen LogP) is 3.30. The monoisotopic (exact) mass is 518 g/mol. The van der Waals surface area contributed by atoms with Gasteiger partial charge in [-0.05, 0) is 57.7 Å². The van der Waals surface area contributed by atoms with Crippen molar-refractivity contribution in [1.29, 1.82) is 0 Å². The van der Waals surface area contributed by atoms with Crippen LogP contribution in [0.4, 0.5) is 0 Å². The van der Waals surface area contributed by atoms with Gasteiger partial charge < -0.3 is 25.4 Å². The van der Waals surface area contributed by atoms with Crippen LogP contribution in [0.1, 0.15) is 50.7 Å². The van der Waals surface area contributed by atoms with Crippen LogP contribution in [-0.4, -0.2) is 61.4 Å². The molecule has 166 valence electrons. The molecule has 0 spiro atoms. The highest BCUT2D eigenvalue weighted by Crippen LogP contribution is 2.21. The molecule has 1 aliphatic rings. The van der Waals surface area contributed by atoms with Crippen molar-refractivity contribution in [1.82, 2.24) is 15.5 Å². The van der Waals surface area contributed by atoms with Crippen LogP contribution >= 0.6 is 24.0 Å². The Morgan fingerprint density at radius 3 is 2.69 bits per heavy atom. The van der Waals surface area contributed by atoms with E-state index >= 15 is 0 Å². The molecular formula is C22H39IN4O2. The van der Waals surface area contributed by atoms with Gasteiger partial charge in [0.2, 0.25) is 0 Å². The second-order valence-electron chi connectivity index (χ2n) is 7.51. The molecule has 1 saturated heterocycles. The molecule has 2 rings (SSSR count). The number of piperidine rings is 1. The van der Waals surface area contributed by atoms with Crippen molar-refractivity contribution in [2.24, 2.45) is 4.99 Å². The van der Waals surface area contributed by atoms with Gasteiger partial charge in [0.25, 0.3) is 0 Å². The minimum atomic E-state index is -0.102. The van der Waals surface area contributed by atoms with E-state index in [4.69, 9.17) is 9.73 Å². The van der Waals surface area contributed by atoms with Crippen LogP contribution in [0.3, 0.4) is 0 Å². The number of aliphatic hydroxyl groups is 1. The van der Waals surface area contributed by atoms with E-state index < -0.39 is 0 Å². The van der Waals surface area contributed by atoms with E-state index in [-0.39, 0.29) is 30.1 Å². The number of hydrogen-bond donors (Lipinski definition) is 3. The summed E-state index contributed by atoms with van der Waals surface area (Å²) in [6.45, 7) is 12.4. The Kier molecular flexibility index (Phi) is 13.3. The van der Waals surface area contributed by atoms with E-state index in [2.05, 4.69) is 54.5 Å². The number of nitrogens with zero attached hydrogens (tertiary/aromatic N) is 2. The third kappa shape index (κ3) is 10.00. The SMILES string of the molecule is CCCOc1cc(C)ccc1CN=C(NCC)NCCCN1CCC(O)CC1.I. The van der Waals surface area contributed by atoms with Crippen LogP contribution in [0.2, 0.25) is 0 Å². The van der Waals surface area contributed by atoms with Crippen LogP contribution in [-0.2, 0) is 6.54 Å². The molecule has 7 heteroatoms. The quantitative estimate of drug-likeness (QED) is 0.192. The maximum atomic E-state index is 9.59. The van der Waals surface area contributed by atoms with Crippen molar-refractivity contribution < 1.29 is 9.84 Å². The summed E-state index contributed by atoms with van der Waals surface area (Å²) < 4.78 is 5.90. The number of guanidine groups is 1. The molecule has 0 saturated carbocycles. The molecule has 1 aliphatic heterocycles. The molecule has 3 N–H and O–H groups in total. The van der Waals surface area contributed by atoms with Crippen molar-refractivity contribution in [2.75, 3.05) is 39.3 Å². The van der Waals surface area contributed by atoms with E-state index in [1.165, 1.54) is 5.56 Å². The maximum absolute atomic E-state index is 9.59. The molecule has 0 atom stereocenters. The first-order valence-electron chi connectivity index (χ1n) is 10.8. The van der Waals surface area contributed by atoms with E-state index in [1.807, 2.05) is 0 Å². The molecule has 1 fully saturated rings. The van der Waals surface area contributed by atoms with Crippen LogP contribution in [0.15, 0.2) is 23.2 Å². The average Bonchev–Trinajstić information content (AvgIpc) is 2.70. The maximum Gasteiger partial charge on any atom is 0.191 e. The topological polar surface area (TPSA) is 69.1 Å². The third-order valence-electron chi connectivity index (χ3n) is 4.94. The van der Waals surface area contributed by atoms with Gasteiger partial charge in [0.15, 0.2) is 5.96 Å². The fraction of sp³-hybridized carbons (Fsp3) is 0.682. The lowest BCUT2D eigenvalue weighted by Crippen LogP contribution is -2.40. The number of halogens is 1. The van der Waals surface area contributed by atoms with E-state index in [0.717, 1.165) is 82.3 Å². The van der Waals surface area contributed by atoms with Crippen LogP contribution in [0.5, 0.6) is 5.75 Å². The van der Waals surface area contributed by atoms with Gasteiger partial charge in [-0.3, -0.25) is 0 Å².